The molecule has 0 radical (unpaired) electrons. The molecule has 4 N–H and O–H groups in total. The molecule has 7 heteroatoms. The predicted molar refractivity (Wildman–Crippen MR) is 195 cm³/mol. The first-order valence-corrected chi connectivity index (χ1v) is 19.1. The van der Waals surface area contributed by atoms with Gasteiger partial charge in [-0.2, -0.15) is 0 Å². The average Bonchev–Trinajstić information content (AvgIpc) is 3.45. The lowest BCUT2D eigenvalue weighted by atomic mass is 9.43. The first-order chi connectivity index (χ1) is 23.3. The molecule has 6 rings (SSSR count). The normalized spacial score (nSPS) is 36.2. The van der Waals surface area contributed by atoms with E-state index in [9.17, 15) is 24.9 Å². The third kappa shape index (κ3) is 6.90. The van der Waals surface area contributed by atoms with Gasteiger partial charge in [0.05, 0.1) is 39.0 Å². The Labute approximate surface area is 294 Å². The maximum absolute atomic E-state index is 13.0. The van der Waals surface area contributed by atoms with Crippen molar-refractivity contribution in [3.05, 3.63) is 65.7 Å². The molecule has 0 bridgehead atoms. The Balaban J connectivity index is 0.974. The minimum absolute atomic E-state index is 0.0249. The number of fused-ring (bicyclic) bond motifs is 5. The van der Waals surface area contributed by atoms with Crippen molar-refractivity contribution in [2.24, 2.45) is 46.3 Å². The molecule has 1 amide bonds. The third-order valence-electron chi connectivity index (χ3n) is 14.4. The quantitative estimate of drug-likeness (QED) is 0.126. The van der Waals surface area contributed by atoms with Crippen LogP contribution in [0.3, 0.4) is 0 Å². The molecule has 2 aromatic rings. The highest BCUT2D eigenvalue weighted by atomic mass is 16.3. The molecule has 268 valence electrons. The number of hydrogen-bond donors (Lipinski definition) is 4. The number of amides is 1. The van der Waals surface area contributed by atoms with E-state index in [4.69, 9.17) is 0 Å². The van der Waals surface area contributed by atoms with Crippen LogP contribution in [-0.2, 0) is 4.79 Å². The second-order valence-electron chi connectivity index (χ2n) is 17.4. The molecular weight excluding hydrogens is 612 g/mol. The number of carbonyl (C=O) groups is 2. The number of aliphatic hydroxyl groups excluding tert-OH is 3. The van der Waals surface area contributed by atoms with Gasteiger partial charge in [-0.1, -0.05) is 51.1 Å². The Morgan fingerprint density at radius 1 is 0.898 bits per heavy atom. The van der Waals surface area contributed by atoms with Crippen molar-refractivity contribution in [1.82, 2.24) is 9.80 Å². The van der Waals surface area contributed by atoms with Gasteiger partial charge < -0.3 is 20.6 Å². The monoisotopic (exact) mass is 673 g/mol. The van der Waals surface area contributed by atoms with E-state index in [0.717, 1.165) is 70.0 Å². The third-order valence-corrected chi connectivity index (χ3v) is 14.4. The number of aliphatic hydroxyl groups is 3. The van der Waals surface area contributed by atoms with Crippen molar-refractivity contribution in [3.63, 3.8) is 0 Å². The summed E-state index contributed by atoms with van der Waals surface area (Å²) < 4.78 is 0.661. The van der Waals surface area contributed by atoms with E-state index in [2.05, 4.69) is 40.2 Å². The second kappa shape index (κ2) is 14.2. The highest BCUT2D eigenvalue weighted by Crippen LogP contribution is 2.68. The summed E-state index contributed by atoms with van der Waals surface area (Å²) in [5.41, 5.74) is 2.33. The maximum atomic E-state index is 13.0. The Morgan fingerprint density at radius 3 is 2.31 bits per heavy atom. The van der Waals surface area contributed by atoms with Gasteiger partial charge in [-0.3, -0.25) is 14.1 Å². The Hall–Kier alpha value is -2.58. The molecule has 0 aliphatic heterocycles. The smallest absolute Gasteiger partial charge is 0.220 e. The van der Waals surface area contributed by atoms with Crippen molar-refractivity contribution in [2.45, 2.75) is 103 Å². The SMILES string of the molecule is C[C@H](CCC(=O)NCCC[N+](C)(C)c1ccc(C(=O)c2ccccc2)cc1)[C@H]1CC[C@H]2[C@@H]3[C@H](O)C[C@@H]4C[C@H](O)CC[C@]4(C)[C@H]3C[C@H](O)[C@]12C. The largest absolute Gasteiger partial charge is 0.393 e. The van der Waals surface area contributed by atoms with Gasteiger partial charge >= 0.3 is 0 Å². The number of quaternary nitrogens is 1. The number of nitrogens with zero attached hydrogens (tertiary/aromatic N) is 1. The number of carbonyl (C=O) groups excluding carboxylic acids is 2. The average molecular weight is 674 g/mol. The molecule has 4 fully saturated rings. The van der Waals surface area contributed by atoms with E-state index in [0.29, 0.717) is 58.2 Å². The number of ketones is 1. The molecule has 0 saturated heterocycles. The van der Waals surface area contributed by atoms with E-state index < -0.39 is 6.10 Å². The van der Waals surface area contributed by atoms with E-state index >= 15 is 0 Å². The van der Waals surface area contributed by atoms with Gasteiger partial charge in [-0.15, -0.1) is 0 Å². The van der Waals surface area contributed by atoms with Crippen molar-refractivity contribution < 1.29 is 24.9 Å². The predicted octanol–water partition coefficient (Wildman–Crippen LogP) is 6.37. The molecule has 0 spiro atoms. The van der Waals surface area contributed by atoms with Gasteiger partial charge in [-0.05, 0) is 122 Å². The molecule has 2 aromatic carbocycles. The van der Waals surface area contributed by atoms with E-state index in [1.54, 1.807) is 0 Å². The lowest BCUT2D eigenvalue weighted by Gasteiger charge is -2.63. The van der Waals surface area contributed by atoms with Crippen LogP contribution < -0.4 is 9.80 Å². The van der Waals surface area contributed by atoms with Crippen LogP contribution in [0, 0.1) is 46.3 Å². The zero-order valence-corrected chi connectivity index (χ0v) is 30.5. The molecular formula is C42H61N2O5+. The number of hydrogen-bond acceptors (Lipinski definition) is 5. The second-order valence-corrected chi connectivity index (χ2v) is 17.4. The molecule has 0 aromatic heterocycles. The minimum Gasteiger partial charge on any atom is -0.393 e. The summed E-state index contributed by atoms with van der Waals surface area (Å²) in [6.45, 7) is 8.41. The molecule has 11 atom stereocenters. The Bertz CT molecular complexity index is 1460. The summed E-state index contributed by atoms with van der Waals surface area (Å²) in [4.78, 5) is 25.8. The van der Waals surface area contributed by atoms with Gasteiger partial charge in [-0.25, -0.2) is 0 Å². The van der Waals surface area contributed by atoms with E-state index in [1.165, 1.54) is 0 Å². The fourth-order valence-electron chi connectivity index (χ4n) is 11.4. The summed E-state index contributed by atoms with van der Waals surface area (Å²) in [5, 5.41) is 37.0. The van der Waals surface area contributed by atoms with Gasteiger partial charge in [0, 0.05) is 30.5 Å². The first-order valence-electron chi connectivity index (χ1n) is 19.1. The van der Waals surface area contributed by atoms with E-state index in [-0.39, 0.29) is 40.6 Å². The molecule has 4 aliphatic rings. The zero-order valence-electron chi connectivity index (χ0n) is 30.5. The summed E-state index contributed by atoms with van der Waals surface area (Å²) in [7, 11) is 4.30. The number of rotatable bonds is 11. The van der Waals surface area contributed by atoms with Crippen molar-refractivity contribution in [1.29, 1.82) is 0 Å². The Kier molecular flexibility index (Phi) is 10.5. The number of benzene rings is 2. The van der Waals surface area contributed by atoms with Crippen LogP contribution in [-0.4, -0.2) is 72.5 Å². The zero-order chi connectivity index (χ0) is 35.1. The topological polar surface area (TPSA) is 107 Å². The van der Waals surface area contributed by atoms with Gasteiger partial charge in [0.2, 0.25) is 5.91 Å². The van der Waals surface area contributed by atoms with Gasteiger partial charge in [0.15, 0.2) is 5.78 Å². The van der Waals surface area contributed by atoms with Crippen LogP contribution in [0.1, 0.15) is 101 Å². The standard InChI is InChI=1S/C42H60N2O5/c1-27(33-17-18-34-39-35(26-37(47)42(33,34)3)41(2)21-20-32(45)24-30(41)25-36(39)46)12-19-38(48)43-22-9-23-44(4,5)31-15-13-29(14-16-31)40(49)28-10-7-6-8-11-28/h6-8,10-11,13-16,27,30,32-37,39,45-47H,9,12,17-26H2,1-5H3/p+1/t27-,30+,32-,33-,34+,35+,36-,37+,39+,41+,42-/m1/s1. The summed E-state index contributed by atoms with van der Waals surface area (Å²) in [6, 6.07) is 17.2. The molecule has 0 heterocycles. The fourth-order valence-corrected chi connectivity index (χ4v) is 11.4. The molecule has 4 saturated carbocycles. The molecule has 4 aliphatic carbocycles. The molecule has 7 nitrogen and oxygen atoms in total. The van der Waals surface area contributed by atoms with E-state index in [1.807, 2.05) is 54.6 Å². The maximum Gasteiger partial charge on any atom is 0.220 e. The molecule has 0 unspecified atom stereocenters. The van der Waals surface area contributed by atoms with Crippen LogP contribution in [0.4, 0.5) is 5.69 Å². The van der Waals surface area contributed by atoms with Gasteiger partial charge in [0.1, 0.15) is 5.69 Å². The summed E-state index contributed by atoms with van der Waals surface area (Å²) >= 11 is 0. The van der Waals surface area contributed by atoms with Crippen LogP contribution in [0.2, 0.25) is 0 Å². The summed E-state index contributed by atoms with van der Waals surface area (Å²) in [5.74, 6) is 1.89. The Morgan fingerprint density at radius 2 is 1.59 bits per heavy atom. The van der Waals surface area contributed by atoms with Crippen molar-refractivity contribution in [3.8, 4) is 0 Å². The lowest BCUT2D eigenvalue weighted by molar-refractivity contribution is -0.207. The number of nitrogens with one attached hydrogen (secondary N) is 1. The molecule has 49 heavy (non-hydrogen) atoms. The highest BCUT2D eigenvalue weighted by molar-refractivity contribution is 6.09. The van der Waals surface area contributed by atoms with Crippen molar-refractivity contribution in [2.75, 3.05) is 27.2 Å². The summed E-state index contributed by atoms with van der Waals surface area (Å²) in [6.07, 6.45) is 7.30. The van der Waals surface area contributed by atoms with Crippen LogP contribution in [0.15, 0.2) is 54.6 Å². The van der Waals surface area contributed by atoms with Crippen LogP contribution in [0.5, 0.6) is 0 Å². The minimum atomic E-state index is -0.404. The van der Waals surface area contributed by atoms with Crippen molar-refractivity contribution >= 4 is 17.4 Å². The van der Waals surface area contributed by atoms with Crippen LogP contribution >= 0.6 is 0 Å². The van der Waals surface area contributed by atoms with Gasteiger partial charge in [0.25, 0.3) is 0 Å². The lowest BCUT2D eigenvalue weighted by Crippen LogP contribution is -2.62. The first kappa shape index (κ1) is 36.2. The fraction of sp³-hybridized carbons (Fsp3) is 0.667. The van der Waals surface area contributed by atoms with Crippen LogP contribution in [0.25, 0.3) is 0 Å². The highest BCUT2D eigenvalue weighted by Gasteiger charge is 2.65.